The Hall–Kier alpha value is -1.02. The van der Waals surface area contributed by atoms with Gasteiger partial charge in [-0.3, -0.25) is 4.79 Å². The number of amides is 1. The molecule has 0 aliphatic heterocycles. The van der Waals surface area contributed by atoms with Crippen LogP contribution < -0.4 is 5.32 Å². The van der Waals surface area contributed by atoms with Crippen LogP contribution in [0.5, 0.6) is 0 Å². The van der Waals surface area contributed by atoms with Crippen LogP contribution in [0.1, 0.15) is 36.8 Å². The first-order chi connectivity index (χ1) is 9.15. The highest BCUT2D eigenvalue weighted by Crippen LogP contribution is 2.29. The molecule has 1 aliphatic carbocycles. The predicted octanol–water partition coefficient (Wildman–Crippen LogP) is 3.45. The van der Waals surface area contributed by atoms with Gasteiger partial charge in [-0.15, -0.1) is 11.6 Å². The van der Waals surface area contributed by atoms with Gasteiger partial charge in [-0.05, 0) is 37.7 Å². The maximum absolute atomic E-state index is 11.8. The van der Waals surface area contributed by atoms with Crippen LogP contribution in [0.2, 0.25) is 0 Å². The van der Waals surface area contributed by atoms with Crippen molar-refractivity contribution >= 4 is 17.5 Å². The molecule has 0 bridgehead atoms. The van der Waals surface area contributed by atoms with Crippen LogP contribution >= 0.6 is 11.6 Å². The lowest BCUT2D eigenvalue weighted by molar-refractivity contribution is -0.121. The number of alkyl halides is 1. The molecular weight excluding hydrogens is 258 g/mol. The molecule has 19 heavy (non-hydrogen) atoms. The van der Waals surface area contributed by atoms with E-state index < -0.39 is 0 Å². The van der Waals surface area contributed by atoms with Crippen molar-refractivity contribution in [3.63, 3.8) is 0 Å². The molecule has 1 aliphatic rings. The summed E-state index contributed by atoms with van der Waals surface area (Å²) < 4.78 is 0. The zero-order chi connectivity index (χ0) is 13.7. The molecule has 2 unspecified atom stereocenters. The zero-order valence-corrected chi connectivity index (χ0v) is 12.2. The fraction of sp³-hybridized carbons (Fsp3) is 0.562. The molecule has 0 radical (unpaired) electrons. The van der Waals surface area contributed by atoms with Crippen LogP contribution in [-0.2, 0) is 11.2 Å². The molecule has 1 aromatic rings. The lowest BCUT2D eigenvalue weighted by Gasteiger charge is -2.14. The van der Waals surface area contributed by atoms with E-state index in [1.807, 2.05) is 6.07 Å². The van der Waals surface area contributed by atoms with Gasteiger partial charge < -0.3 is 5.32 Å². The molecule has 1 amide bonds. The van der Waals surface area contributed by atoms with E-state index in [4.69, 9.17) is 11.6 Å². The molecule has 104 valence electrons. The van der Waals surface area contributed by atoms with Crippen molar-refractivity contribution in [3.05, 3.63) is 35.4 Å². The van der Waals surface area contributed by atoms with E-state index in [2.05, 4.69) is 30.4 Å². The molecule has 1 saturated carbocycles. The Kier molecular flexibility index (Phi) is 5.26. The van der Waals surface area contributed by atoms with E-state index in [1.165, 1.54) is 17.5 Å². The third-order valence-corrected chi connectivity index (χ3v) is 4.43. The van der Waals surface area contributed by atoms with Gasteiger partial charge in [0.15, 0.2) is 0 Å². The Labute approximate surface area is 120 Å². The van der Waals surface area contributed by atoms with E-state index in [0.717, 1.165) is 25.8 Å². The highest BCUT2D eigenvalue weighted by Gasteiger charge is 2.25. The second-order valence-corrected chi connectivity index (χ2v) is 6.06. The van der Waals surface area contributed by atoms with Crippen LogP contribution in [0.4, 0.5) is 0 Å². The van der Waals surface area contributed by atoms with E-state index in [9.17, 15) is 4.79 Å². The highest BCUT2D eigenvalue weighted by atomic mass is 35.5. The van der Waals surface area contributed by atoms with Gasteiger partial charge in [-0.1, -0.05) is 36.2 Å². The summed E-state index contributed by atoms with van der Waals surface area (Å²) in [6, 6.07) is 8.33. The zero-order valence-electron chi connectivity index (χ0n) is 11.5. The fourth-order valence-electron chi connectivity index (χ4n) is 2.68. The molecule has 0 saturated heterocycles. The summed E-state index contributed by atoms with van der Waals surface area (Å²) in [5.41, 5.74) is 2.47. The minimum absolute atomic E-state index is 0.136. The molecule has 0 aromatic heterocycles. The summed E-state index contributed by atoms with van der Waals surface area (Å²) >= 11 is 6.20. The van der Waals surface area contributed by atoms with Crippen molar-refractivity contribution in [3.8, 4) is 0 Å². The number of carbonyl (C=O) groups excluding carboxylic acids is 1. The Bertz CT molecular complexity index is 433. The third-order valence-electron chi connectivity index (χ3n) is 3.85. The quantitative estimate of drug-likeness (QED) is 0.822. The molecule has 0 heterocycles. The average Bonchev–Trinajstić information content (AvgIpc) is 2.80. The molecule has 2 atom stereocenters. The summed E-state index contributed by atoms with van der Waals surface area (Å²) in [6.07, 6.45) is 4.79. The number of hydrogen-bond donors (Lipinski definition) is 1. The van der Waals surface area contributed by atoms with Crippen molar-refractivity contribution in [2.45, 2.75) is 44.4 Å². The van der Waals surface area contributed by atoms with Gasteiger partial charge >= 0.3 is 0 Å². The first-order valence-electron chi connectivity index (χ1n) is 7.11. The standard InChI is InChI=1S/C16H22ClNO/c1-12-4-2-5-13(10-12)8-9-16(19)18-11-14-6-3-7-15(14)17/h2,4-5,10,14-15H,3,6-9,11H2,1H3,(H,18,19). The number of halogens is 1. The van der Waals surface area contributed by atoms with Gasteiger partial charge in [0.05, 0.1) is 0 Å². The Morgan fingerprint density at radius 1 is 1.42 bits per heavy atom. The van der Waals surface area contributed by atoms with Gasteiger partial charge in [-0.25, -0.2) is 0 Å². The maximum atomic E-state index is 11.8. The number of benzene rings is 1. The van der Waals surface area contributed by atoms with Crippen molar-refractivity contribution in [2.24, 2.45) is 5.92 Å². The largest absolute Gasteiger partial charge is 0.356 e. The number of carbonyl (C=O) groups is 1. The summed E-state index contributed by atoms with van der Waals surface area (Å²) in [5.74, 6) is 0.599. The number of aryl methyl sites for hydroxylation is 2. The van der Waals surface area contributed by atoms with Crippen LogP contribution in [-0.4, -0.2) is 17.8 Å². The lowest BCUT2D eigenvalue weighted by Crippen LogP contribution is -2.31. The Morgan fingerprint density at radius 3 is 2.95 bits per heavy atom. The van der Waals surface area contributed by atoms with E-state index >= 15 is 0 Å². The smallest absolute Gasteiger partial charge is 0.220 e. The van der Waals surface area contributed by atoms with E-state index in [1.54, 1.807) is 0 Å². The molecule has 1 N–H and O–H groups in total. The minimum atomic E-state index is 0.136. The molecule has 2 rings (SSSR count). The van der Waals surface area contributed by atoms with Gasteiger partial charge in [0.25, 0.3) is 0 Å². The molecule has 1 aromatic carbocycles. The first kappa shape index (κ1) is 14.4. The molecule has 2 nitrogen and oxygen atoms in total. The highest BCUT2D eigenvalue weighted by molar-refractivity contribution is 6.20. The van der Waals surface area contributed by atoms with Crippen LogP contribution in [0.15, 0.2) is 24.3 Å². The first-order valence-corrected chi connectivity index (χ1v) is 7.55. The topological polar surface area (TPSA) is 29.1 Å². The van der Waals surface area contributed by atoms with Gasteiger partial charge in [0.2, 0.25) is 5.91 Å². The van der Waals surface area contributed by atoms with Crippen molar-refractivity contribution in [2.75, 3.05) is 6.54 Å². The number of hydrogen-bond acceptors (Lipinski definition) is 1. The van der Waals surface area contributed by atoms with E-state index in [0.29, 0.717) is 12.3 Å². The predicted molar refractivity (Wildman–Crippen MR) is 79.5 cm³/mol. The summed E-state index contributed by atoms with van der Waals surface area (Å²) in [5, 5.41) is 3.26. The van der Waals surface area contributed by atoms with Gasteiger partial charge in [0, 0.05) is 18.3 Å². The van der Waals surface area contributed by atoms with Crippen molar-refractivity contribution in [1.82, 2.24) is 5.32 Å². The molecule has 0 spiro atoms. The van der Waals surface area contributed by atoms with Crippen LogP contribution in [0, 0.1) is 12.8 Å². The average molecular weight is 280 g/mol. The lowest BCUT2D eigenvalue weighted by atomic mass is 10.1. The third kappa shape index (κ3) is 4.54. The monoisotopic (exact) mass is 279 g/mol. The molecule has 1 fully saturated rings. The van der Waals surface area contributed by atoms with Crippen LogP contribution in [0.25, 0.3) is 0 Å². The maximum Gasteiger partial charge on any atom is 0.220 e. The second kappa shape index (κ2) is 6.95. The fourth-order valence-corrected chi connectivity index (χ4v) is 3.05. The Morgan fingerprint density at radius 2 is 2.26 bits per heavy atom. The molecule has 3 heteroatoms. The van der Waals surface area contributed by atoms with E-state index in [-0.39, 0.29) is 11.3 Å². The van der Waals surface area contributed by atoms with Crippen LogP contribution in [0.3, 0.4) is 0 Å². The molecular formula is C16H22ClNO. The summed E-state index contributed by atoms with van der Waals surface area (Å²) in [6.45, 7) is 2.81. The normalized spacial score (nSPS) is 22.4. The number of rotatable bonds is 5. The second-order valence-electron chi connectivity index (χ2n) is 5.50. The van der Waals surface area contributed by atoms with Crippen molar-refractivity contribution < 1.29 is 4.79 Å². The van der Waals surface area contributed by atoms with Crippen molar-refractivity contribution in [1.29, 1.82) is 0 Å². The Balaban J connectivity index is 1.70. The summed E-state index contributed by atoms with van der Waals surface area (Å²) in [4.78, 5) is 11.8. The summed E-state index contributed by atoms with van der Waals surface area (Å²) in [7, 11) is 0. The van der Waals surface area contributed by atoms with Gasteiger partial charge in [-0.2, -0.15) is 0 Å². The van der Waals surface area contributed by atoms with Gasteiger partial charge in [0.1, 0.15) is 0 Å². The SMILES string of the molecule is Cc1cccc(CCC(=O)NCC2CCCC2Cl)c1. The minimum Gasteiger partial charge on any atom is -0.356 e. The number of nitrogens with one attached hydrogen (secondary N) is 1.